The van der Waals surface area contributed by atoms with Crippen molar-refractivity contribution in [2.45, 2.75) is 38.8 Å². The van der Waals surface area contributed by atoms with E-state index in [0.717, 1.165) is 42.7 Å². The van der Waals surface area contributed by atoms with E-state index in [1.807, 2.05) is 12.1 Å². The van der Waals surface area contributed by atoms with Gasteiger partial charge in [0.25, 0.3) is 0 Å². The summed E-state index contributed by atoms with van der Waals surface area (Å²) in [4.78, 5) is 2.49. The fourth-order valence-corrected chi connectivity index (χ4v) is 3.70. The number of hydrogen-bond donors (Lipinski definition) is 1. The molecule has 20 heavy (non-hydrogen) atoms. The van der Waals surface area contributed by atoms with Gasteiger partial charge in [-0.25, -0.2) is 0 Å². The Labute approximate surface area is 121 Å². The van der Waals surface area contributed by atoms with Crippen LogP contribution in [0.5, 0.6) is 5.75 Å². The smallest absolute Gasteiger partial charge is 0.119 e. The van der Waals surface area contributed by atoms with Gasteiger partial charge in [-0.3, -0.25) is 4.90 Å². The van der Waals surface area contributed by atoms with Crippen molar-refractivity contribution >= 4 is 0 Å². The summed E-state index contributed by atoms with van der Waals surface area (Å²) in [5.74, 6) is 2.35. The number of likely N-dealkylation sites (tertiary alicyclic amines) is 1. The molecule has 0 spiro atoms. The molecule has 0 aromatic heterocycles. The molecular formula is C17H25NO2. The Kier molecular flexibility index (Phi) is 3.74. The third-order valence-corrected chi connectivity index (χ3v) is 5.13. The van der Waals surface area contributed by atoms with Gasteiger partial charge < -0.3 is 9.84 Å². The van der Waals surface area contributed by atoms with Crippen LogP contribution in [-0.2, 0) is 6.42 Å². The number of methoxy groups -OCH3 is 1. The summed E-state index contributed by atoms with van der Waals surface area (Å²) in [5.41, 5.74) is 2.33. The van der Waals surface area contributed by atoms with E-state index < -0.39 is 0 Å². The summed E-state index contributed by atoms with van der Waals surface area (Å²) in [5, 5.41) is 10.6. The fraction of sp³-hybridized carbons (Fsp3) is 0.647. The van der Waals surface area contributed by atoms with Crippen molar-refractivity contribution in [1.29, 1.82) is 0 Å². The second-order valence-corrected chi connectivity index (χ2v) is 6.57. The quantitative estimate of drug-likeness (QED) is 0.920. The normalized spacial score (nSPS) is 29.9. The summed E-state index contributed by atoms with van der Waals surface area (Å²) >= 11 is 0. The van der Waals surface area contributed by atoms with Crippen molar-refractivity contribution in [3.8, 4) is 5.75 Å². The molecule has 3 unspecified atom stereocenters. The first kappa shape index (κ1) is 13.9. The van der Waals surface area contributed by atoms with E-state index in [0.29, 0.717) is 0 Å². The first-order chi connectivity index (χ1) is 9.60. The summed E-state index contributed by atoms with van der Waals surface area (Å²) in [7, 11) is 1.67. The van der Waals surface area contributed by atoms with Gasteiger partial charge in [-0.05, 0) is 54.5 Å². The maximum absolute atomic E-state index is 10.6. The third kappa shape index (κ3) is 2.33. The van der Waals surface area contributed by atoms with Crippen molar-refractivity contribution in [3.63, 3.8) is 0 Å². The molecule has 3 atom stereocenters. The van der Waals surface area contributed by atoms with Crippen LogP contribution in [0.25, 0.3) is 0 Å². The molecule has 3 heteroatoms. The first-order valence-corrected chi connectivity index (χ1v) is 7.69. The zero-order chi connectivity index (χ0) is 14.3. The molecule has 1 aliphatic carbocycles. The topological polar surface area (TPSA) is 32.7 Å². The van der Waals surface area contributed by atoms with Gasteiger partial charge in [0, 0.05) is 12.6 Å². The number of aliphatic hydroxyl groups is 1. The Morgan fingerprint density at radius 1 is 1.35 bits per heavy atom. The average molecular weight is 275 g/mol. The van der Waals surface area contributed by atoms with Crippen LogP contribution < -0.4 is 4.74 Å². The molecule has 1 fully saturated rings. The highest BCUT2D eigenvalue weighted by molar-refractivity contribution is 5.41. The molecule has 1 N–H and O–H groups in total. The van der Waals surface area contributed by atoms with Crippen LogP contribution >= 0.6 is 0 Å². The molecule has 1 saturated heterocycles. The van der Waals surface area contributed by atoms with Crippen molar-refractivity contribution in [1.82, 2.24) is 4.90 Å². The standard InChI is InChI=1S/C17H25NO2/c1-11(2)13-6-7-18(10-13)16-8-12-4-5-14(20-3)9-15(12)17(16)19/h4-5,9,11,13,16-17,19H,6-8,10H2,1-3H3. The second-order valence-electron chi connectivity index (χ2n) is 6.57. The molecule has 0 bridgehead atoms. The van der Waals surface area contributed by atoms with Gasteiger partial charge in [0.15, 0.2) is 0 Å². The molecule has 1 aromatic carbocycles. The predicted octanol–water partition coefficient (Wildman–Crippen LogP) is 2.63. The lowest BCUT2D eigenvalue weighted by molar-refractivity contribution is 0.0713. The van der Waals surface area contributed by atoms with Crippen LogP contribution in [0.4, 0.5) is 0 Å². The van der Waals surface area contributed by atoms with E-state index in [4.69, 9.17) is 4.74 Å². The number of ether oxygens (including phenoxy) is 1. The van der Waals surface area contributed by atoms with E-state index >= 15 is 0 Å². The lowest BCUT2D eigenvalue weighted by Crippen LogP contribution is -2.36. The van der Waals surface area contributed by atoms with E-state index in [-0.39, 0.29) is 12.1 Å². The van der Waals surface area contributed by atoms with Crippen LogP contribution in [0.1, 0.15) is 37.5 Å². The highest BCUT2D eigenvalue weighted by Gasteiger charge is 2.38. The number of rotatable bonds is 3. The summed E-state index contributed by atoms with van der Waals surface area (Å²) in [6.07, 6.45) is 1.86. The van der Waals surface area contributed by atoms with Gasteiger partial charge in [0.1, 0.15) is 5.75 Å². The molecular weight excluding hydrogens is 250 g/mol. The molecule has 0 amide bonds. The Bertz CT molecular complexity index is 486. The summed E-state index contributed by atoms with van der Waals surface area (Å²) in [6, 6.07) is 6.35. The molecule has 1 aromatic rings. The molecule has 3 nitrogen and oxygen atoms in total. The largest absolute Gasteiger partial charge is 0.497 e. The Balaban J connectivity index is 1.75. The van der Waals surface area contributed by atoms with E-state index in [1.165, 1.54) is 12.0 Å². The van der Waals surface area contributed by atoms with Crippen LogP contribution in [0.2, 0.25) is 0 Å². The Hall–Kier alpha value is -1.06. The minimum absolute atomic E-state index is 0.251. The molecule has 1 aliphatic heterocycles. The zero-order valence-electron chi connectivity index (χ0n) is 12.7. The highest BCUT2D eigenvalue weighted by Crippen LogP contribution is 2.39. The molecule has 0 saturated carbocycles. The number of benzene rings is 1. The second kappa shape index (κ2) is 5.38. The van der Waals surface area contributed by atoms with Crippen LogP contribution in [-0.4, -0.2) is 36.2 Å². The van der Waals surface area contributed by atoms with E-state index in [1.54, 1.807) is 7.11 Å². The van der Waals surface area contributed by atoms with Crippen LogP contribution in [0.3, 0.4) is 0 Å². The summed E-state index contributed by atoms with van der Waals surface area (Å²) < 4.78 is 5.27. The van der Waals surface area contributed by atoms with E-state index in [9.17, 15) is 5.11 Å². The van der Waals surface area contributed by atoms with Gasteiger partial charge in [-0.15, -0.1) is 0 Å². The lowest BCUT2D eigenvalue weighted by Gasteiger charge is -2.27. The lowest BCUT2D eigenvalue weighted by atomic mass is 9.95. The van der Waals surface area contributed by atoms with Gasteiger partial charge in [-0.2, -0.15) is 0 Å². The van der Waals surface area contributed by atoms with Gasteiger partial charge in [0.05, 0.1) is 13.2 Å². The Morgan fingerprint density at radius 2 is 2.15 bits per heavy atom. The van der Waals surface area contributed by atoms with Crippen LogP contribution in [0.15, 0.2) is 18.2 Å². The first-order valence-electron chi connectivity index (χ1n) is 7.69. The molecule has 3 rings (SSSR count). The van der Waals surface area contributed by atoms with E-state index in [2.05, 4.69) is 24.8 Å². The zero-order valence-corrected chi connectivity index (χ0v) is 12.7. The molecule has 2 aliphatic rings. The molecule has 110 valence electrons. The van der Waals surface area contributed by atoms with Crippen molar-refractivity contribution in [3.05, 3.63) is 29.3 Å². The van der Waals surface area contributed by atoms with Gasteiger partial charge in [0.2, 0.25) is 0 Å². The van der Waals surface area contributed by atoms with Crippen molar-refractivity contribution in [2.24, 2.45) is 11.8 Å². The van der Waals surface area contributed by atoms with Crippen molar-refractivity contribution in [2.75, 3.05) is 20.2 Å². The minimum Gasteiger partial charge on any atom is -0.497 e. The minimum atomic E-state index is -0.369. The third-order valence-electron chi connectivity index (χ3n) is 5.13. The monoisotopic (exact) mass is 275 g/mol. The predicted molar refractivity (Wildman–Crippen MR) is 80.0 cm³/mol. The number of hydrogen-bond acceptors (Lipinski definition) is 3. The van der Waals surface area contributed by atoms with Gasteiger partial charge in [-0.1, -0.05) is 19.9 Å². The maximum atomic E-state index is 10.6. The molecule has 0 radical (unpaired) electrons. The SMILES string of the molecule is COc1ccc2c(c1)C(O)C(N1CCC(C(C)C)C1)C2. The van der Waals surface area contributed by atoms with Crippen LogP contribution in [0, 0.1) is 11.8 Å². The maximum Gasteiger partial charge on any atom is 0.119 e. The average Bonchev–Trinajstić information content (AvgIpc) is 3.04. The van der Waals surface area contributed by atoms with Gasteiger partial charge >= 0.3 is 0 Å². The molecule has 1 heterocycles. The fourth-order valence-electron chi connectivity index (χ4n) is 3.70. The van der Waals surface area contributed by atoms with Crippen molar-refractivity contribution < 1.29 is 9.84 Å². The number of fused-ring (bicyclic) bond motifs is 1. The number of nitrogens with zero attached hydrogens (tertiary/aromatic N) is 1. The highest BCUT2D eigenvalue weighted by atomic mass is 16.5. The summed E-state index contributed by atoms with van der Waals surface area (Å²) in [6.45, 7) is 6.86. The number of aliphatic hydroxyl groups excluding tert-OH is 1. The Morgan fingerprint density at radius 3 is 2.80 bits per heavy atom.